The summed E-state index contributed by atoms with van der Waals surface area (Å²) in [6.45, 7) is 3.79. The summed E-state index contributed by atoms with van der Waals surface area (Å²) in [6.07, 6.45) is 1.19. The molecular formula is C17H24Cl2N4O3. The molecule has 1 aromatic heterocycles. The number of carbonyl (C=O) groups excluding carboxylic acids is 1. The summed E-state index contributed by atoms with van der Waals surface area (Å²) in [7, 11) is 0. The van der Waals surface area contributed by atoms with E-state index in [1.54, 1.807) is 0 Å². The number of nitrogens with zero attached hydrogens (tertiary/aromatic N) is 3. The summed E-state index contributed by atoms with van der Waals surface area (Å²) in [5.74, 6) is 0.0445. The van der Waals surface area contributed by atoms with Gasteiger partial charge in [0, 0.05) is 39.4 Å². The van der Waals surface area contributed by atoms with Gasteiger partial charge in [0.25, 0.3) is 6.01 Å². The Balaban J connectivity index is 0.00000121. The number of piperazine rings is 1. The van der Waals surface area contributed by atoms with Crippen molar-refractivity contribution in [1.82, 2.24) is 9.88 Å². The average molecular weight is 403 g/mol. The van der Waals surface area contributed by atoms with Crippen molar-refractivity contribution >= 4 is 47.8 Å². The van der Waals surface area contributed by atoms with E-state index in [-0.39, 0.29) is 30.7 Å². The minimum atomic E-state index is -0.766. The Hall–Kier alpha value is -1.54. The maximum Gasteiger partial charge on any atom is 0.298 e. The van der Waals surface area contributed by atoms with Crippen molar-refractivity contribution < 1.29 is 13.9 Å². The van der Waals surface area contributed by atoms with Gasteiger partial charge in [-0.15, -0.1) is 24.8 Å². The van der Waals surface area contributed by atoms with E-state index in [2.05, 4.69) is 9.88 Å². The summed E-state index contributed by atoms with van der Waals surface area (Å²) in [5.41, 5.74) is 7.19. The quantitative estimate of drug-likeness (QED) is 0.824. The highest BCUT2D eigenvalue weighted by atomic mass is 35.5. The van der Waals surface area contributed by atoms with Crippen LogP contribution in [0, 0.1) is 0 Å². The van der Waals surface area contributed by atoms with E-state index < -0.39 is 5.54 Å². The minimum absolute atomic E-state index is 0. The average Bonchev–Trinajstić information content (AvgIpc) is 3.06. The fraction of sp³-hybridized carbons (Fsp3) is 0.529. The van der Waals surface area contributed by atoms with Gasteiger partial charge in [-0.25, -0.2) is 0 Å². The molecule has 0 bridgehead atoms. The number of hydrogen-bond donors (Lipinski definition) is 1. The molecule has 0 radical (unpaired) electrons. The molecular weight excluding hydrogens is 379 g/mol. The smallest absolute Gasteiger partial charge is 0.298 e. The van der Waals surface area contributed by atoms with Crippen molar-refractivity contribution in [2.75, 3.05) is 44.3 Å². The van der Waals surface area contributed by atoms with Crippen molar-refractivity contribution in [2.24, 2.45) is 5.73 Å². The van der Waals surface area contributed by atoms with E-state index in [1.807, 2.05) is 29.2 Å². The van der Waals surface area contributed by atoms with Crippen LogP contribution in [0.3, 0.4) is 0 Å². The largest absolute Gasteiger partial charge is 0.423 e. The predicted molar refractivity (Wildman–Crippen MR) is 104 cm³/mol. The van der Waals surface area contributed by atoms with Gasteiger partial charge in [-0.2, -0.15) is 4.98 Å². The van der Waals surface area contributed by atoms with Crippen molar-refractivity contribution in [3.8, 4) is 0 Å². The second kappa shape index (κ2) is 8.43. The molecule has 26 heavy (non-hydrogen) atoms. The first kappa shape index (κ1) is 20.8. The highest BCUT2D eigenvalue weighted by molar-refractivity contribution is 5.86. The normalized spacial score (nSPS) is 19.6. The molecule has 0 saturated carbocycles. The lowest BCUT2D eigenvalue weighted by Gasteiger charge is -2.40. The minimum Gasteiger partial charge on any atom is -0.423 e. The first-order valence-electron chi connectivity index (χ1n) is 8.42. The Bertz CT molecular complexity index is 707. The first-order chi connectivity index (χ1) is 11.7. The van der Waals surface area contributed by atoms with Crippen LogP contribution >= 0.6 is 24.8 Å². The lowest BCUT2D eigenvalue weighted by molar-refractivity contribution is -0.140. The molecule has 144 valence electrons. The lowest BCUT2D eigenvalue weighted by Crippen LogP contribution is -2.61. The fourth-order valence-corrected chi connectivity index (χ4v) is 3.36. The maximum atomic E-state index is 12.7. The second-order valence-electron chi connectivity index (χ2n) is 6.51. The van der Waals surface area contributed by atoms with Gasteiger partial charge in [-0.1, -0.05) is 12.1 Å². The van der Waals surface area contributed by atoms with Crippen LogP contribution in [0.25, 0.3) is 11.1 Å². The molecule has 7 nitrogen and oxygen atoms in total. The van der Waals surface area contributed by atoms with Crippen molar-refractivity contribution in [2.45, 2.75) is 18.4 Å². The molecule has 0 unspecified atom stereocenters. The SMILES string of the molecule is Cl.Cl.NC1(C(=O)N2CCN(c3nc4ccccc4o3)CC2)CCOCC1. The lowest BCUT2D eigenvalue weighted by atomic mass is 9.89. The molecule has 0 spiro atoms. The standard InChI is InChI=1S/C17H22N4O3.2ClH/c18-17(5-11-23-12-6-17)15(22)20-7-9-21(10-8-20)16-19-13-3-1-2-4-14(13)24-16;;/h1-4H,5-12,18H2;2*1H. The molecule has 3 heterocycles. The van der Waals surface area contributed by atoms with Gasteiger partial charge < -0.3 is 24.7 Å². The third-order valence-electron chi connectivity index (χ3n) is 4.93. The molecule has 0 aliphatic carbocycles. The highest BCUT2D eigenvalue weighted by Crippen LogP contribution is 2.24. The van der Waals surface area contributed by atoms with Crippen LogP contribution in [-0.2, 0) is 9.53 Å². The number of rotatable bonds is 2. The molecule has 2 aromatic rings. The summed E-state index contributed by atoms with van der Waals surface area (Å²) < 4.78 is 11.1. The number of fused-ring (bicyclic) bond motifs is 1. The topological polar surface area (TPSA) is 84.8 Å². The van der Waals surface area contributed by atoms with Crippen LogP contribution in [0.1, 0.15) is 12.8 Å². The molecule has 2 N–H and O–H groups in total. The maximum absolute atomic E-state index is 12.7. The second-order valence-corrected chi connectivity index (χ2v) is 6.51. The highest BCUT2D eigenvalue weighted by Gasteiger charge is 2.40. The Labute approximate surface area is 164 Å². The van der Waals surface area contributed by atoms with Crippen LogP contribution in [-0.4, -0.2) is 60.7 Å². The molecule has 2 fully saturated rings. The summed E-state index contributed by atoms with van der Waals surface area (Å²) in [6, 6.07) is 8.35. The summed E-state index contributed by atoms with van der Waals surface area (Å²) >= 11 is 0. The number of amides is 1. The Morgan fingerprint density at radius 2 is 1.73 bits per heavy atom. The van der Waals surface area contributed by atoms with Gasteiger partial charge in [0.2, 0.25) is 5.91 Å². The first-order valence-corrected chi connectivity index (χ1v) is 8.42. The number of hydrogen-bond acceptors (Lipinski definition) is 6. The van der Waals surface area contributed by atoms with E-state index in [0.717, 1.165) is 11.1 Å². The van der Waals surface area contributed by atoms with Crippen LogP contribution in [0.2, 0.25) is 0 Å². The third-order valence-corrected chi connectivity index (χ3v) is 4.93. The van der Waals surface area contributed by atoms with Gasteiger partial charge >= 0.3 is 0 Å². The number of nitrogens with two attached hydrogens (primary N) is 1. The number of para-hydroxylation sites is 2. The number of halogens is 2. The van der Waals surface area contributed by atoms with Crippen LogP contribution in [0.4, 0.5) is 6.01 Å². The zero-order valence-corrected chi connectivity index (χ0v) is 16.1. The number of oxazole rings is 1. The molecule has 1 amide bonds. The van der Waals surface area contributed by atoms with Gasteiger partial charge in [0.1, 0.15) is 5.52 Å². The van der Waals surface area contributed by atoms with E-state index in [1.165, 1.54) is 0 Å². The number of aromatic nitrogens is 1. The molecule has 1 aromatic carbocycles. The van der Waals surface area contributed by atoms with Crippen molar-refractivity contribution in [1.29, 1.82) is 0 Å². The molecule has 9 heteroatoms. The Morgan fingerprint density at radius 1 is 1.08 bits per heavy atom. The number of anilines is 1. The van der Waals surface area contributed by atoms with E-state index in [9.17, 15) is 4.79 Å². The van der Waals surface area contributed by atoms with Crippen LogP contribution in [0.5, 0.6) is 0 Å². The number of carbonyl (C=O) groups is 1. The predicted octanol–water partition coefficient (Wildman–Crippen LogP) is 1.83. The third kappa shape index (κ3) is 3.91. The molecule has 2 aliphatic rings. The van der Waals surface area contributed by atoms with Gasteiger partial charge in [0.05, 0.1) is 5.54 Å². The zero-order chi connectivity index (χ0) is 16.6. The van der Waals surface area contributed by atoms with Crippen LogP contribution in [0.15, 0.2) is 28.7 Å². The van der Waals surface area contributed by atoms with Gasteiger partial charge in [0.15, 0.2) is 5.58 Å². The number of ether oxygens (including phenoxy) is 1. The Kier molecular flexibility index (Phi) is 6.74. The zero-order valence-electron chi connectivity index (χ0n) is 14.4. The van der Waals surface area contributed by atoms with E-state index in [0.29, 0.717) is 58.2 Å². The van der Waals surface area contributed by atoms with Gasteiger partial charge in [-0.3, -0.25) is 4.79 Å². The summed E-state index contributed by atoms with van der Waals surface area (Å²) in [5, 5.41) is 0. The Morgan fingerprint density at radius 3 is 2.38 bits per heavy atom. The molecule has 0 atom stereocenters. The summed E-state index contributed by atoms with van der Waals surface area (Å²) in [4.78, 5) is 21.2. The van der Waals surface area contributed by atoms with Crippen molar-refractivity contribution in [3.05, 3.63) is 24.3 Å². The monoisotopic (exact) mass is 402 g/mol. The van der Waals surface area contributed by atoms with Gasteiger partial charge in [-0.05, 0) is 25.0 Å². The number of benzene rings is 1. The fourth-order valence-electron chi connectivity index (χ4n) is 3.36. The van der Waals surface area contributed by atoms with E-state index in [4.69, 9.17) is 14.9 Å². The van der Waals surface area contributed by atoms with E-state index >= 15 is 0 Å². The van der Waals surface area contributed by atoms with Crippen LogP contribution < -0.4 is 10.6 Å². The molecule has 2 saturated heterocycles. The molecule has 2 aliphatic heterocycles. The molecule has 4 rings (SSSR count). The van der Waals surface area contributed by atoms with Crippen molar-refractivity contribution in [3.63, 3.8) is 0 Å².